The Morgan fingerprint density at radius 3 is 2.67 bits per heavy atom. The Kier molecular flexibility index (Phi) is 7.11. The molecule has 4 aromatic rings. The normalized spacial score (nSPS) is 14.4. The number of anilines is 1. The topological polar surface area (TPSA) is 80.8 Å². The largest absolute Gasteiger partial charge is 0.380 e. The molecule has 0 radical (unpaired) electrons. The number of amides is 1. The summed E-state index contributed by atoms with van der Waals surface area (Å²) in [6.07, 6.45) is 0. The van der Waals surface area contributed by atoms with Crippen LogP contribution in [0.1, 0.15) is 43.6 Å². The maximum atomic E-state index is 13.5. The van der Waals surface area contributed by atoms with Crippen molar-refractivity contribution in [3.05, 3.63) is 69.6 Å². The average molecular weight is 504 g/mol. The minimum Gasteiger partial charge on any atom is -0.380 e. The van der Waals surface area contributed by atoms with E-state index in [2.05, 4.69) is 16.3 Å². The van der Waals surface area contributed by atoms with E-state index in [-0.39, 0.29) is 11.7 Å². The van der Waals surface area contributed by atoms with Crippen LogP contribution in [0.15, 0.2) is 42.5 Å². The number of nitrogens with one attached hydrogen (secondary N) is 1. The molecule has 5 rings (SSSR count). The maximum Gasteiger partial charge on any atom is 0.267 e. The number of morpholine rings is 1. The van der Waals surface area contributed by atoms with Gasteiger partial charge in [-0.25, -0.2) is 4.98 Å². The minimum atomic E-state index is -0.230. The summed E-state index contributed by atoms with van der Waals surface area (Å²) in [7, 11) is 1.64. The smallest absolute Gasteiger partial charge is 0.267 e. The molecule has 1 aliphatic rings. The van der Waals surface area contributed by atoms with Crippen molar-refractivity contribution >= 4 is 49.8 Å². The summed E-state index contributed by atoms with van der Waals surface area (Å²) in [5.74, 6) is 0.260. The number of carbonyl (C=O) groups excluding carboxylic acids is 2. The zero-order chi connectivity index (χ0) is 25.2. The third-order valence-corrected chi connectivity index (χ3v) is 7.91. The summed E-state index contributed by atoms with van der Waals surface area (Å²) in [5.41, 5.74) is 4.38. The van der Waals surface area contributed by atoms with Gasteiger partial charge in [0.05, 0.1) is 30.2 Å². The molecule has 0 atom stereocenters. The molecule has 0 spiro atoms. The van der Waals surface area contributed by atoms with E-state index in [1.807, 2.05) is 43.3 Å². The van der Waals surface area contributed by atoms with Gasteiger partial charge in [0.15, 0.2) is 5.78 Å². The average Bonchev–Trinajstić information content (AvgIpc) is 3.22. The molecule has 7 nitrogen and oxygen atoms in total. The Bertz CT molecular complexity index is 1460. The number of Topliss-reactive ketones (excluding diaryl/α,β-unsaturated/α-hetero) is 1. The van der Waals surface area contributed by atoms with E-state index in [9.17, 15) is 9.59 Å². The van der Waals surface area contributed by atoms with Gasteiger partial charge in [-0.05, 0) is 48.7 Å². The number of benzene rings is 2. The molecule has 36 heavy (non-hydrogen) atoms. The first-order valence-electron chi connectivity index (χ1n) is 12.0. The Morgan fingerprint density at radius 1 is 1.14 bits per heavy atom. The number of hydrogen-bond donors (Lipinski definition) is 1. The van der Waals surface area contributed by atoms with Crippen molar-refractivity contribution in [3.63, 3.8) is 0 Å². The van der Waals surface area contributed by atoms with Gasteiger partial charge in [-0.15, -0.1) is 11.3 Å². The van der Waals surface area contributed by atoms with Gasteiger partial charge in [-0.2, -0.15) is 0 Å². The number of aryl methyl sites for hydroxylation is 1. The Balaban J connectivity index is 1.51. The second-order valence-corrected chi connectivity index (χ2v) is 10.1. The molecule has 2 aromatic carbocycles. The molecule has 1 amide bonds. The van der Waals surface area contributed by atoms with Gasteiger partial charge in [-0.3, -0.25) is 14.5 Å². The van der Waals surface area contributed by atoms with Gasteiger partial charge in [0.2, 0.25) is 0 Å². The Labute approximate surface area is 214 Å². The lowest BCUT2D eigenvalue weighted by molar-refractivity contribution is 0.0344. The lowest BCUT2D eigenvalue weighted by Gasteiger charge is -2.27. The number of rotatable bonds is 7. The second kappa shape index (κ2) is 10.4. The van der Waals surface area contributed by atoms with E-state index in [1.165, 1.54) is 11.3 Å². The van der Waals surface area contributed by atoms with Crippen LogP contribution >= 0.6 is 11.3 Å². The van der Waals surface area contributed by atoms with E-state index in [1.54, 1.807) is 14.0 Å². The highest BCUT2D eigenvalue weighted by Crippen LogP contribution is 2.37. The summed E-state index contributed by atoms with van der Waals surface area (Å²) in [6.45, 7) is 7.85. The zero-order valence-corrected chi connectivity index (χ0v) is 21.5. The molecule has 186 valence electrons. The summed E-state index contributed by atoms with van der Waals surface area (Å²) in [6, 6.07) is 13.7. The predicted molar refractivity (Wildman–Crippen MR) is 143 cm³/mol. The standard InChI is InChI=1S/C28H29N3O4S/c1-17-25-19(16-34-3)8-9-21(18(2)32)27(25)36-26(17)28(33)30-24-14-20(15-31-10-12-35-13-11-31)22-6-4-5-7-23(22)29-24/h4-9,14H,10-13,15-16H2,1-3H3,(H,29,30,33). The van der Waals surface area contributed by atoms with Crippen LogP contribution < -0.4 is 5.32 Å². The van der Waals surface area contributed by atoms with Crippen LogP contribution in [-0.4, -0.2) is 55.0 Å². The van der Waals surface area contributed by atoms with Crippen LogP contribution in [0.4, 0.5) is 5.82 Å². The van der Waals surface area contributed by atoms with Gasteiger partial charge in [0.1, 0.15) is 5.82 Å². The molecule has 3 heterocycles. The molecule has 1 saturated heterocycles. The van der Waals surface area contributed by atoms with Gasteiger partial charge >= 0.3 is 0 Å². The van der Waals surface area contributed by atoms with Crippen molar-refractivity contribution in [3.8, 4) is 0 Å². The fourth-order valence-corrected chi connectivity index (χ4v) is 6.13. The van der Waals surface area contributed by atoms with E-state index >= 15 is 0 Å². The van der Waals surface area contributed by atoms with E-state index in [4.69, 9.17) is 14.5 Å². The first-order chi connectivity index (χ1) is 17.5. The summed E-state index contributed by atoms with van der Waals surface area (Å²) in [4.78, 5) is 33.4. The SMILES string of the molecule is COCc1ccc(C(C)=O)c2sc(C(=O)Nc3cc(CN4CCOCC4)c4ccccc4n3)c(C)c12. The quantitative estimate of drug-likeness (QED) is 0.350. The number of hydrogen-bond acceptors (Lipinski definition) is 7. The lowest BCUT2D eigenvalue weighted by Crippen LogP contribution is -2.35. The molecule has 2 aromatic heterocycles. The maximum absolute atomic E-state index is 13.5. The number of aromatic nitrogens is 1. The monoisotopic (exact) mass is 503 g/mol. The third-order valence-electron chi connectivity index (χ3n) is 6.59. The van der Waals surface area contributed by atoms with Crippen LogP contribution in [-0.2, 0) is 22.6 Å². The van der Waals surface area contributed by atoms with Crippen molar-refractivity contribution in [2.24, 2.45) is 0 Å². The molecular formula is C28H29N3O4S. The van der Waals surface area contributed by atoms with E-state index < -0.39 is 0 Å². The summed E-state index contributed by atoms with van der Waals surface area (Å²) < 4.78 is 11.7. The number of methoxy groups -OCH3 is 1. The van der Waals surface area contributed by atoms with Crippen molar-refractivity contribution in [1.82, 2.24) is 9.88 Å². The Hall–Kier alpha value is -3.17. The first kappa shape index (κ1) is 24.5. The third kappa shape index (κ3) is 4.77. The molecule has 1 aliphatic heterocycles. The molecule has 0 saturated carbocycles. The first-order valence-corrected chi connectivity index (χ1v) is 12.8. The van der Waals surface area contributed by atoms with Crippen molar-refractivity contribution in [1.29, 1.82) is 0 Å². The predicted octanol–water partition coefficient (Wildman–Crippen LogP) is 5.19. The number of nitrogens with zero attached hydrogens (tertiary/aromatic N) is 2. The van der Waals surface area contributed by atoms with Gasteiger partial charge in [0, 0.05) is 47.8 Å². The lowest BCUT2D eigenvalue weighted by atomic mass is 10.0. The van der Waals surface area contributed by atoms with Crippen LogP contribution in [0.25, 0.3) is 21.0 Å². The second-order valence-electron chi connectivity index (χ2n) is 9.05. The van der Waals surface area contributed by atoms with Crippen LogP contribution in [0, 0.1) is 6.92 Å². The molecule has 0 unspecified atom stereocenters. The van der Waals surface area contributed by atoms with Crippen molar-refractivity contribution < 1.29 is 19.1 Å². The molecule has 0 bridgehead atoms. The van der Waals surface area contributed by atoms with E-state index in [0.29, 0.717) is 22.9 Å². The Morgan fingerprint density at radius 2 is 1.92 bits per heavy atom. The van der Waals surface area contributed by atoms with Crippen LogP contribution in [0.5, 0.6) is 0 Å². The van der Waals surface area contributed by atoms with Crippen molar-refractivity contribution in [2.45, 2.75) is 27.0 Å². The number of ether oxygens (including phenoxy) is 2. The zero-order valence-electron chi connectivity index (χ0n) is 20.7. The number of fused-ring (bicyclic) bond motifs is 2. The fraction of sp³-hybridized carbons (Fsp3) is 0.321. The summed E-state index contributed by atoms with van der Waals surface area (Å²) >= 11 is 1.34. The van der Waals surface area contributed by atoms with Crippen LogP contribution in [0.3, 0.4) is 0 Å². The van der Waals surface area contributed by atoms with Crippen LogP contribution in [0.2, 0.25) is 0 Å². The van der Waals surface area contributed by atoms with E-state index in [0.717, 1.165) is 70.5 Å². The van der Waals surface area contributed by atoms with Gasteiger partial charge in [-0.1, -0.05) is 24.3 Å². The molecule has 8 heteroatoms. The summed E-state index contributed by atoms with van der Waals surface area (Å²) in [5, 5.41) is 5.03. The van der Waals surface area contributed by atoms with Gasteiger partial charge in [0.25, 0.3) is 5.91 Å². The van der Waals surface area contributed by atoms with Crippen molar-refractivity contribution in [2.75, 3.05) is 38.7 Å². The molecule has 0 aliphatic carbocycles. The number of thiophene rings is 1. The highest BCUT2D eigenvalue weighted by molar-refractivity contribution is 7.21. The fourth-order valence-electron chi connectivity index (χ4n) is 4.82. The minimum absolute atomic E-state index is 0.0267. The number of ketones is 1. The van der Waals surface area contributed by atoms with Gasteiger partial charge < -0.3 is 14.8 Å². The molecule has 1 N–H and O–H groups in total. The molecular weight excluding hydrogens is 474 g/mol. The number of para-hydroxylation sites is 1. The molecule has 1 fully saturated rings. The highest BCUT2D eigenvalue weighted by atomic mass is 32.1. The number of pyridine rings is 1. The number of carbonyl (C=O) groups is 2. The highest BCUT2D eigenvalue weighted by Gasteiger charge is 2.22.